The molecule has 4 rings (SSSR count). The molecule has 12 atom stereocenters. The molecule has 0 aromatic heterocycles. The first kappa shape index (κ1) is 44.8. The van der Waals surface area contributed by atoms with Crippen LogP contribution in [0.5, 0.6) is 0 Å². The predicted molar refractivity (Wildman–Crippen MR) is 188 cm³/mol. The number of fused-ring (bicyclic) bond motifs is 2. The number of aliphatic carboxylic acids is 4. The molecule has 2 saturated heterocycles. The van der Waals surface area contributed by atoms with E-state index in [0.717, 1.165) is 51.4 Å². The molecule has 2 saturated carbocycles. The van der Waals surface area contributed by atoms with Crippen molar-refractivity contribution in [3.63, 3.8) is 0 Å². The molecule has 0 bridgehead atoms. The van der Waals surface area contributed by atoms with Crippen LogP contribution in [0.4, 0.5) is 0 Å². The lowest BCUT2D eigenvalue weighted by Gasteiger charge is -2.39. The first-order valence-electron chi connectivity index (χ1n) is 19.2. The van der Waals surface area contributed by atoms with Gasteiger partial charge in [-0.3, -0.25) is 19.2 Å². The smallest absolute Gasteiger partial charge is 0.310 e. The molecular formula is C38H66O13. The van der Waals surface area contributed by atoms with Gasteiger partial charge in [0.1, 0.15) is 0 Å². The van der Waals surface area contributed by atoms with Crippen LogP contribution in [-0.4, -0.2) is 104 Å². The fraction of sp³-hybridized carbons (Fsp3) is 0.895. The number of rotatable bonds is 20. The highest BCUT2D eigenvalue weighted by molar-refractivity contribution is 5.85. The molecule has 0 aromatic carbocycles. The lowest BCUT2D eigenvalue weighted by Crippen LogP contribution is -2.48. The van der Waals surface area contributed by atoms with Crippen molar-refractivity contribution >= 4 is 23.9 Å². The highest BCUT2D eigenvalue weighted by Crippen LogP contribution is 2.55. The fourth-order valence-electron chi connectivity index (χ4n) is 8.10. The maximum Gasteiger partial charge on any atom is 0.310 e. The summed E-state index contributed by atoms with van der Waals surface area (Å²) in [5, 5.41) is 55.7. The van der Waals surface area contributed by atoms with E-state index in [0.29, 0.717) is 45.1 Å². The van der Waals surface area contributed by atoms with Gasteiger partial charge in [-0.25, -0.2) is 0 Å². The summed E-state index contributed by atoms with van der Waals surface area (Å²) in [4.78, 5) is 47.1. The first-order valence-corrected chi connectivity index (χ1v) is 19.2. The maximum atomic E-state index is 12.0. The number of aliphatic hydroxyl groups is 2. The third kappa shape index (κ3) is 12.7. The van der Waals surface area contributed by atoms with Crippen LogP contribution in [0, 0.1) is 34.5 Å². The lowest BCUT2D eigenvalue weighted by atomic mass is 9.61. The van der Waals surface area contributed by atoms with Crippen molar-refractivity contribution in [2.75, 3.05) is 13.2 Å². The van der Waals surface area contributed by atoms with Crippen molar-refractivity contribution < 1.29 is 64.0 Å². The third-order valence-electron chi connectivity index (χ3n) is 11.5. The van der Waals surface area contributed by atoms with E-state index in [-0.39, 0.29) is 49.0 Å². The quantitative estimate of drug-likeness (QED) is 0.0839. The van der Waals surface area contributed by atoms with E-state index in [9.17, 15) is 39.6 Å². The number of hydrogen-bond acceptors (Lipinski definition) is 9. The van der Waals surface area contributed by atoms with Crippen LogP contribution >= 0.6 is 0 Å². The molecule has 4 fully saturated rings. The highest BCUT2D eigenvalue weighted by atomic mass is 16.6. The zero-order valence-electron chi connectivity index (χ0n) is 31.6. The van der Waals surface area contributed by atoms with Gasteiger partial charge in [-0.05, 0) is 64.2 Å². The Morgan fingerprint density at radius 1 is 0.706 bits per heavy atom. The molecule has 0 amide bonds. The second-order valence-corrected chi connectivity index (χ2v) is 15.4. The Labute approximate surface area is 303 Å². The van der Waals surface area contributed by atoms with E-state index in [1.807, 2.05) is 0 Å². The second-order valence-electron chi connectivity index (χ2n) is 15.4. The first-order chi connectivity index (χ1) is 24.0. The molecule has 4 aliphatic rings. The minimum atomic E-state index is -1.15. The summed E-state index contributed by atoms with van der Waals surface area (Å²) < 4.78 is 15.8. The monoisotopic (exact) mass is 730 g/mol. The van der Waals surface area contributed by atoms with E-state index >= 15 is 0 Å². The summed E-state index contributed by atoms with van der Waals surface area (Å²) in [5.41, 5.74) is -2.31. The zero-order chi connectivity index (χ0) is 38.5. The summed E-state index contributed by atoms with van der Waals surface area (Å²) in [5.74, 6) is -4.99. The number of unbranched alkanes of at least 4 members (excludes halogenated alkanes) is 2. The van der Waals surface area contributed by atoms with Crippen LogP contribution in [-0.2, 0) is 33.4 Å². The van der Waals surface area contributed by atoms with Gasteiger partial charge >= 0.3 is 23.9 Å². The Hall–Kier alpha value is -2.32. The maximum absolute atomic E-state index is 12.0. The normalized spacial score (nSPS) is 32.5. The van der Waals surface area contributed by atoms with Gasteiger partial charge in [-0.15, -0.1) is 0 Å². The van der Waals surface area contributed by atoms with Crippen molar-refractivity contribution in [2.45, 2.75) is 168 Å². The van der Waals surface area contributed by atoms with Gasteiger partial charge in [0, 0.05) is 0 Å². The molecule has 2 aliphatic carbocycles. The lowest BCUT2D eigenvalue weighted by molar-refractivity contribution is -0.167. The highest BCUT2D eigenvalue weighted by Gasteiger charge is 2.63. The van der Waals surface area contributed by atoms with Gasteiger partial charge in [0.25, 0.3) is 0 Å². The summed E-state index contributed by atoms with van der Waals surface area (Å²) in [6.07, 6.45) is 9.58. The van der Waals surface area contributed by atoms with Crippen molar-refractivity contribution in [1.82, 2.24) is 0 Å². The van der Waals surface area contributed by atoms with E-state index < -0.39 is 52.6 Å². The van der Waals surface area contributed by atoms with Crippen molar-refractivity contribution in [1.29, 1.82) is 0 Å². The molecule has 12 unspecified atom stereocenters. The molecule has 0 aromatic rings. The van der Waals surface area contributed by atoms with Crippen molar-refractivity contribution in [3.05, 3.63) is 0 Å². The van der Waals surface area contributed by atoms with Crippen LogP contribution in [0.2, 0.25) is 0 Å². The van der Waals surface area contributed by atoms with Gasteiger partial charge < -0.3 is 44.8 Å². The number of hydrogen-bond donors (Lipinski definition) is 6. The van der Waals surface area contributed by atoms with E-state index in [1.54, 1.807) is 13.8 Å². The van der Waals surface area contributed by atoms with E-state index in [2.05, 4.69) is 27.7 Å². The average Bonchev–Trinajstić information content (AvgIpc) is 4.02. The molecule has 13 heteroatoms. The van der Waals surface area contributed by atoms with Gasteiger partial charge in [0.2, 0.25) is 0 Å². The van der Waals surface area contributed by atoms with E-state index in [1.165, 1.54) is 0 Å². The summed E-state index contributed by atoms with van der Waals surface area (Å²) in [6, 6.07) is 0. The molecule has 0 radical (unpaired) electrons. The Kier molecular flexibility index (Phi) is 18.3. The standard InChI is InChI=1S/2C16H26O5.C6H14O3/c2*1-3-5-6-10(4-2)8-16(15(19)20)9-13-12(21-13)7-11(16)14(17)18;1-5(8)4-9-6(2)3-7/h2*10-13H,3-9H2,1-2H3,(H,17,18)(H,19,20);5-8H,3-4H2,1-2H3. The van der Waals surface area contributed by atoms with Gasteiger partial charge in [0.05, 0.1) is 72.5 Å². The molecule has 2 heterocycles. The van der Waals surface area contributed by atoms with Crippen LogP contribution in [0.25, 0.3) is 0 Å². The molecule has 13 nitrogen and oxygen atoms in total. The summed E-state index contributed by atoms with van der Waals surface area (Å²) in [7, 11) is 0. The molecule has 6 N–H and O–H groups in total. The predicted octanol–water partition coefficient (Wildman–Crippen LogP) is 5.62. The summed E-state index contributed by atoms with van der Waals surface area (Å²) in [6.45, 7) is 12.0. The third-order valence-corrected chi connectivity index (χ3v) is 11.5. The Bertz CT molecular complexity index is 1040. The van der Waals surface area contributed by atoms with Gasteiger partial charge in [-0.2, -0.15) is 0 Å². The molecule has 296 valence electrons. The average molecular weight is 731 g/mol. The fourth-order valence-corrected chi connectivity index (χ4v) is 8.10. The molecular weight excluding hydrogens is 664 g/mol. The molecule has 51 heavy (non-hydrogen) atoms. The van der Waals surface area contributed by atoms with Crippen LogP contribution in [0.1, 0.15) is 131 Å². The van der Waals surface area contributed by atoms with E-state index in [4.69, 9.17) is 24.4 Å². The SMILES string of the molecule is CC(O)COC(C)CO.CCCCC(CC)CC1(C(=O)O)CC2OC2CC1C(=O)O.CCCCC(CC)CC1(C(=O)O)CC2OC2CC1C(=O)O. The largest absolute Gasteiger partial charge is 0.481 e. The second kappa shape index (κ2) is 20.8. The zero-order valence-corrected chi connectivity index (χ0v) is 31.6. The number of ether oxygens (including phenoxy) is 3. The molecule has 0 spiro atoms. The van der Waals surface area contributed by atoms with Crippen LogP contribution < -0.4 is 0 Å². The number of carboxylic acids is 4. The van der Waals surface area contributed by atoms with Crippen LogP contribution in [0.15, 0.2) is 0 Å². The van der Waals surface area contributed by atoms with Crippen molar-refractivity contribution in [3.8, 4) is 0 Å². The molecule has 2 aliphatic heterocycles. The number of carbonyl (C=O) groups is 4. The Balaban J connectivity index is 0.000000287. The number of aliphatic hydroxyl groups excluding tert-OH is 2. The number of epoxide rings is 2. The Morgan fingerprint density at radius 2 is 1.10 bits per heavy atom. The minimum absolute atomic E-state index is 0.00667. The number of carboxylic acid groups (broad SMARTS) is 4. The van der Waals surface area contributed by atoms with Crippen molar-refractivity contribution in [2.24, 2.45) is 34.5 Å². The minimum Gasteiger partial charge on any atom is -0.481 e. The van der Waals surface area contributed by atoms with Gasteiger partial charge in [-0.1, -0.05) is 79.1 Å². The Morgan fingerprint density at radius 3 is 1.37 bits per heavy atom. The topological polar surface area (TPSA) is 224 Å². The van der Waals surface area contributed by atoms with Gasteiger partial charge in [0.15, 0.2) is 0 Å². The summed E-state index contributed by atoms with van der Waals surface area (Å²) >= 11 is 0. The van der Waals surface area contributed by atoms with Crippen LogP contribution in [0.3, 0.4) is 0 Å².